The molecular formula is C11H14O2. The van der Waals surface area contributed by atoms with Crippen LogP contribution in [0.1, 0.15) is 30.9 Å². The Kier molecular flexibility index (Phi) is 2.00. The van der Waals surface area contributed by atoms with Crippen LogP contribution in [0.15, 0.2) is 18.2 Å². The highest BCUT2D eigenvalue weighted by molar-refractivity contribution is 5.46. The Morgan fingerprint density at radius 3 is 2.85 bits per heavy atom. The molecule has 0 bridgehead atoms. The lowest BCUT2D eigenvalue weighted by Gasteiger charge is -2.07. The molecule has 1 aromatic carbocycles. The van der Waals surface area contributed by atoms with E-state index in [1.165, 1.54) is 5.56 Å². The van der Waals surface area contributed by atoms with Gasteiger partial charge in [0.2, 0.25) is 0 Å². The van der Waals surface area contributed by atoms with E-state index in [1.807, 2.05) is 12.1 Å². The van der Waals surface area contributed by atoms with Gasteiger partial charge in [-0.15, -0.1) is 0 Å². The molecule has 0 radical (unpaired) electrons. The standard InChI is InChI=1S/C11H14O2/c1-7-8(2)13-11-9(6-12)4-3-5-10(7)11/h3-5,7-8,12H,6H2,1-2H3. The van der Waals surface area contributed by atoms with Crippen molar-refractivity contribution in [3.05, 3.63) is 29.3 Å². The third-order valence-electron chi connectivity index (χ3n) is 2.80. The maximum Gasteiger partial charge on any atom is 0.128 e. The highest BCUT2D eigenvalue weighted by atomic mass is 16.5. The van der Waals surface area contributed by atoms with E-state index >= 15 is 0 Å². The fourth-order valence-corrected chi connectivity index (χ4v) is 1.77. The molecule has 1 N–H and O–H groups in total. The zero-order chi connectivity index (χ0) is 9.42. The van der Waals surface area contributed by atoms with Crippen LogP contribution in [0.3, 0.4) is 0 Å². The van der Waals surface area contributed by atoms with Gasteiger partial charge in [0.1, 0.15) is 11.9 Å². The van der Waals surface area contributed by atoms with Crippen molar-refractivity contribution in [3.8, 4) is 5.75 Å². The number of rotatable bonds is 1. The first kappa shape index (κ1) is 8.57. The second kappa shape index (κ2) is 3.04. The highest BCUT2D eigenvalue weighted by Gasteiger charge is 2.28. The van der Waals surface area contributed by atoms with Gasteiger partial charge in [-0.1, -0.05) is 25.1 Å². The van der Waals surface area contributed by atoms with Gasteiger partial charge in [0.25, 0.3) is 0 Å². The third-order valence-corrected chi connectivity index (χ3v) is 2.80. The van der Waals surface area contributed by atoms with Crippen molar-refractivity contribution >= 4 is 0 Å². The first-order valence-electron chi connectivity index (χ1n) is 4.63. The van der Waals surface area contributed by atoms with E-state index in [0.29, 0.717) is 5.92 Å². The number of para-hydroxylation sites is 1. The van der Waals surface area contributed by atoms with E-state index in [4.69, 9.17) is 9.84 Å². The summed E-state index contributed by atoms with van der Waals surface area (Å²) in [5.74, 6) is 1.33. The van der Waals surface area contributed by atoms with Crippen LogP contribution in [0.5, 0.6) is 5.75 Å². The molecule has 2 rings (SSSR count). The van der Waals surface area contributed by atoms with Crippen molar-refractivity contribution in [3.63, 3.8) is 0 Å². The third kappa shape index (κ3) is 1.22. The summed E-state index contributed by atoms with van der Waals surface area (Å²) in [6.45, 7) is 4.27. The van der Waals surface area contributed by atoms with Crippen molar-refractivity contribution in [1.82, 2.24) is 0 Å². The smallest absolute Gasteiger partial charge is 0.128 e. The maximum atomic E-state index is 9.09. The summed E-state index contributed by atoms with van der Waals surface area (Å²) in [4.78, 5) is 0. The second-order valence-corrected chi connectivity index (χ2v) is 3.61. The molecule has 2 atom stereocenters. The average Bonchev–Trinajstić information content (AvgIpc) is 2.43. The number of hydrogen-bond acceptors (Lipinski definition) is 2. The van der Waals surface area contributed by atoms with Gasteiger partial charge in [0.15, 0.2) is 0 Å². The van der Waals surface area contributed by atoms with Gasteiger partial charge >= 0.3 is 0 Å². The summed E-state index contributed by atoms with van der Waals surface area (Å²) in [7, 11) is 0. The minimum absolute atomic E-state index is 0.0581. The van der Waals surface area contributed by atoms with Crippen molar-refractivity contribution in [2.24, 2.45) is 0 Å². The minimum atomic E-state index is 0.0581. The van der Waals surface area contributed by atoms with Gasteiger partial charge in [0.05, 0.1) is 6.61 Å². The van der Waals surface area contributed by atoms with Crippen LogP contribution in [0.25, 0.3) is 0 Å². The molecule has 0 fully saturated rings. The molecule has 1 aliphatic heterocycles. The zero-order valence-corrected chi connectivity index (χ0v) is 7.95. The number of ether oxygens (including phenoxy) is 1. The lowest BCUT2D eigenvalue weighted by molar-refractivity contribution is 0.221. The van der Waals surface area contributed by atoms with Crippen LogP contribution in [0, 0.1) is 0 Å². The number of aliphatic hydroxyl groups excluding tert-OH is 1. The van der Waals surface area contributed by atoms with Crippen molar-refractivity contribution in [1.29, 1.82) is 0 Å². The molecule has 1 heterocycles. The Bertz CT molecular complexity index is 320. The molecular weight excluding hydrogens is 164 g/mol. The van der Waals surface area contributed by atoms with E-state index in [9.17, 15) is 0 Å². The first-order chi connectivity index (χ1) is 6.24. The Morgan fingerprint density at radius 1 is 1.38 bits per heavy atom. The SMILES string of the molecule is CC1Oc2c(CO)cccc2C1C. The van der Waals surface area contributed by atoms with E-state index in [0.717, 1.165) is 11.3 Å². The molecule has 0 amide bonds. The molecule has 0 saturated carbocycles. The number of benzene rings is 1. The second-order valence-electron chi connectivity index (χ2n) is 3.61. The molecule has 1 aromatic rings. The van der Waals surface area contributed by atoms with Gasteiger partial charge in [-0.05, 0) is 6.92 Å². The van der Waals surface area contributed by atoms with Crippen LogP contribution in [0.2, 0.25) is 0 Å². The summed E-state index contributed by atoms with van der Waals surface area (Å²) >= 11 is 0. The van der Waals surface area contributed by atoms with Crippen molar-refractivity contribution < 1.29 is 9.84 Å². The predicted molar refractivity (Wildman–Crippen MR) is 50.9 cm³/mol. The average molecular weight is 178 g/mol. The summed E-state index contributed by atoms with van der Waals surface area (Å²) in [5.41, 5.74) is 2.12. The monoisotopic (exact) mass is 178 g/mol. The molecule has 0 aliphatic carbocycles. The topological polar surface area (TPSA) is 29.5 Å². The maximum absolute atomic E-state index is 9.09. The van der Waals surface area contributed by atoms with Gasteiger partial charge in [0, 0.05) is 17.0 Å². The molecule has 0 spiro atoms. The van der Waals surface area contributed by atoms with Crippen LogP contribution in [-0.2, 0) is 6.61 Å². The van der Waals surface area contributed by atoms with E-state index in [-0.39, 0.29) is 12.7 Å². The largest absolute Gasteiger partial charge is 0.489 e. The summed E-state index contributed by atoms with van der Waals surface area (Å²) in [6.07, 6.45) is 0.225. The lowest BCUT2D eigenvalue weighted by atomic mass is 9.97. The molecule has 2 nitrogen and oxygen atoms in total. The first-order valence-corrected chi connectivity index (χ1v) is 4.63. The van der Waals surface area contributed by atoms with Crippen molar-refractivity contribution in [2.75, 3.05) is 0 Å². The lowest BCUT2D eigenvalue weighted by Crippen LogP contribution is -2.10. The van der Waals surface area contributed by atoms with Gasteiger partial charge < -0.3 is 9.84 Å². The number of fused-ring (bicyclic) bond motifs is 1. The predicted octanol–water partition coefficient (Wildman–Crippen LogP) is 2.06. The molecule has 13 heavy (non-hydrogen) atoms. The van der Waals surface area contributed by atoms with Gasteiger partial charge in [-0.25, -0.2) is 0 Å². The Balaban J connectivity index is 2.49. The fourth-order valence-electron chi connectivity index (χ4n) is 1.77. The van der Waals surface area contributed by atoms with Crippen molar-refractivity contribution in [2.45, 2.75) is 32.5 Å². The zero-order valence-electron chi connectivity index (χ0n) is 7.95. The Hall–Kier alpha value is -1.02. The number of aliphatic hydroxyl groups is 1. The fraction of sp³-hybridized carbons (Fsp3) is 0.455. The van der Waals surface area contributed by atoms with E-state index < -0.39 is 0 Å². The minimum Gasteiger partial charge on any atom is -0.489 e. The molecule has 0 aromatic heterocycles. The molecule has 1 aliphatic rings. The Morgan fingerprint density at radius 2 is 2.15 bits per heavy atom. The van der Waals surface area contributed by atoms with Crippen LogP contribution in [-0.4, -0.2) is 11.2 Å². The highest BCUT2D eigenvalue weighted by Crippen LogP contribution is 2.39. The van der Waals surface area contributed by atoms with Crippen LogP contribution >= 0.6 is 0 Å². The van der Waals surface area contributed by atoms with Gasteiger partial charge in [-0.3, -0.25) is 0 Å². The summed E-state index contributed by atoms with van der Waals surface area (Å²) in [5, 5.41) is 9.09. The van der Waals surface area contributed by atoms with Gasteiger partial charge in [-0.2, -0.15) is 0 Å². The van der Waals surface area contributed by atoms with E-state index in [2.05, 4.69) is 19.9 Å². The molecule has 2 unspecified atom stereocenters. The number of hydrogen-bond donors (Lipinski definition) is 1. The van der Waals surface area contributed by atoms with E-state index in [1.54, 1.807) is 0 Å². The normalized spacial score (nSPS) is 25.5. The summed E-state index contributed by atoms with van der Waals surface area (Å²) < 4.78 is 5.68. The van der Waals surface area contributed by atoms with Crippen LogP contribution < -0.4 is 4.74 Å². The Labute approximate surface area is 78.2 Å². The molecule has 2 heteroatoms. The molecule has 70 valence electrons. The van der Waals surface area contributed by atoms with Crippen LogP contribution in [0.4, 0.5) is 0 Å². The molecule has 0 saturated heterocycles. The summed E-state index contributed by atoms with van der Waals surface area (Å²) in [6, 6.07) is 5.95. The quantitative estimate of drug-likeness (QED) is 0.713.